The third-order valence-electron chi connectivity index (χ3n) is 5.24. The van der Waals surface area contributed by atoms with Gasteiger partial charge >= 0.3 is 6.18 Å². The normalized spacial score (nSPS) is 16.6. The third-order valence-corrected chi connectivity index (χ3v) is 5.24. The number of carbonyl (C=O) groups excluding carboxylic acids is 1. The minimum absolute atomic E-state index is 0.184. The van der Waals surface area contributed by atoms with Crippen LogP contribution in [0.4, 0.5) is 18.9 Å². The highest BCUT2D eigenvalue weighted by Crippen LogP contribution is 2.31. The molecule has 6 heteroatoms. The molecule has 0 aromatic heterocycles. The van der Waals surface area contributed by atoms with Crippen LogP contribution in [0.25, 0.3) is 0 Å². The number of aryl methyl sites for hydroxylation is 1. The second-order valence-corrected chi connectivity index (χ2v) is 7.36. The van der Waals surface area contributed by atoms with Gasteiger partial charge in [0.05, 0.1) is 5.56 Å². The van der Waals surface area contributed by atoms with Gasteiger partial charge in [-0.15, -0.1) is 0 Å². The van der Waals surface area contributed by atoms with Crippen molar-refractivity contribution in [2.75, 3.05) is 5.32 Å². The van der Waals surface area contributed by atoms with E-state index in [-0.39, 0.29) is 11.9 Å². The molecule has 2 N–H and O–H groups in total. The summed E-state index contributed by atoms with van der Waals surface area (Å²) in [5.41, 5.74) is 1.45. The molecule has 0 saturated heterocycles. The SMILES string of the molecule is Cc1ccccc1NC(=O)[C@@H](NC1CCCCC1)c1ccc(C(F)(F)F)cc1. The first-order valence-corrected chi connectivity index (χ1v) is 9.64. The van der Waals surface area contributed by atoms with Crippen molar-refractivity contribution in [3.8, 4) is 0 Å². The molecule has 1 aliphatic carbocycles. The lowest BCUT2D eigenvalue weighted by Crippen LogP contribution is -2.40. The average Bonchev–Trinajstić information content (AvgIpc) is 2.68. The first-order chi connectivity index (χ1) is 13.3. The standard InChI is InChI=1S/C22H25F3N2O/c1-15-7-5-6-10-19(15)27-21(28)20(26-18-8-3-2-4-9-18)16-11-13-17(14-12-16)22(23,24)25/h5-7,10-14,18,20,26H,2-4,8-9H2,1H3,(H,27,28)/t20-/m0/s1. The Morgan fingerprint density at radius 1 is 1.00 bits per heavy atom. The van der Waals surface area contributed by atoms with Crippen LogP contribution in [-0.2, 0) is 11.0 Å². The summed E-state index contributed by atoms with van der Waals surface area (Å²) in [6, 6.07) is 11.8. The van der Waals surface area contributed by atoms with E-state index < -0.39 is 17.8 Å². The molecule has 0 unspecified atom stereocenters. The van der Waals surface area contributed by atoms with E-state index in [0.717, 1.165) is 43.4 Å². The van der Waals surface area contributed by atoms with Crippen molar-refractivity contribution >= 4 is 11.6 Å². The second kappa shape index (κ2) is 8.78. The van der Waals surface area contributed by atoms with Crippen LogP contribution in [0.3, 0.4) is 0 Å². The Kier molecular flexibility index (Phi) is 6.39. The average molecular weight is 390 g/mol. The van der Waals surface area contributed by atoms with E-state index in [1.807, 2.05) is 31.2 Å². The lowest BCUT2D eigenvalue weighted by molar-refractivity contribution is -0.137. The number of anilines is 1. The fourth-order valence-electron chi connectivity index (χ4n) is 3.61. The number of amides is 1. The molecule has 2 aromatic carbocycles. The maximum Gasteiger partial charge on any atom is 0.416 e. The van der Waals surface area contributed by atoms with Gasteiger partial charge in [0.2, 0.25) is 5.91 Å². The summed E-state index contributed by atoms with van der Waals surface area (Å²) in [5.74, 6) is -0.264. The fraction of sp³-hybridized carbons (Fsp3) is 0.409. The number of alkyl halides is 3. The Balaban J connectivity index is 1.83. The minimum Gasteiger partial charge on any atom is -0.324 e. The van der Waals surface area contributed by atoms with Gasteiger partial charge in [0.1, 0.15) is 6.04 Å². The van der Waals surface area contributed by atoms with Gasteiger partial charge in [0, 0.05) is 11.7 Å². The van der Waals surface area contributed by atoms with E-state index in [2.05, 4.69) is 10.6 Å². The van der Waals surface area contributed by atoms with Crippen LogP contribution in [0.5, 0.6) is 0 Å². The van der Waals surface area contributed by atoms with Crippen molar-refractivity contribution in [3.05, 3.63) is 65.2 Å². The lowest BCUT2D eigenvalue weighted by atomic mass is 9.93. The van der Waals surface area contributed by atoms with Gasteiger partial charge < -0.3 is 5.32 Å². The molecule has 0 spiro atoms. The highest BCUT2D eigenvalue weighted by molar-refractivity contribution is 5.96. The van der Waals surface area contributed by atoms with Crippen LogP contribution in [0.2, 0.25) is 0 Å². The van der Waals surface area contributed by atoms with Crippen molar-refractivity contribution in [1.29, 1.82) is 0 Å². The Morgan fingerprint density at radius 2 is 1.64 bits per heavy atom. The molecule has 0 radical (unpaired) electrons. The zero-order valence-corrected chi connectivity index (χ0v) is 15.9. The van der Waals surface area contributed by atoms with E-state index in [0.29, 0.717) is 11.3 Å². The van der Waals surface area contributed by atoms with Gasteiger partial charge in [0.15, 0.2) is 0 Å². The molecule has 1 aliphatic rings. The molecule has 0 aliphatic heterocycles. The number of hydrogen-bond acceptors (Lipinski definition) is 2. The minimum atomic E-state index is -4.39. The van der Waals surface area contributed by atoms with Gasteiger partial charge in [-0.1, -0.05) is 49.6 Å². The summed E-state index contributed by atoms with van der Waals surface area (Å²) in [6.45, 7) is 1.90. The van der Waals surface area contributed by atoms with Crippen molar-refractivity contribution < 1.29 is 18.0 Å². The summed E-state index contributed by atoms with van der Waals surface area (Å²) in [4.78, 5) is 13.0. The molecule has 1 fully saturated rings. The molecule has 3 rings (SSSR count). The van der Waals surface area contributed by atoms with E-state index in [4.69, 9.17) is 0 Å². The third kappa shape index (κ3) is 5.13. The highest BCUT2D eigenvalue weighted by Gasteiger charge is 2.31. The molecule has 1 saturated carbocycles. The van der Waals surface area contributed by atoms with Crippen LogP contribution in [0.1, 0.15) is 54.8 Å². The molecule has 2 aromatic rings. The molecule has 28 heavy (non-hydrogen) atoms. The van der Waals surface area contributed by atoms with Crippen LogP contribution >= 0.6 is 0 Å². The van der Waals surface area contributed by atoms with Gasteiger partial charge in [-0.2, -0.15) is 13.2 Å². The summed E-state index contributed by atoms with van der Waals surface area (Å²) in [5, 5.41) is 6.30. The highest BCUT2D eigenvalue weighted by atomic mass is 19.4. The number of nitrogens with one attached hydrogen (secondary N) is 2. The van der Waals surface area contributed by atoms with Gasteiger partial charge in [-0.25, -0.2) is 0 Å². The fourth-order valence-corrected chi connectivity index (χ4v) is 3.61. The number of para-hydroxylation sites is 1. The van der Waals surface area contributed by atoms with E-state index >= 15 is 0 Å². The van der Waals surface area contributed by atoms with Gasteiger partial charge in [-0.05, 0) is 49.1 Å². The summed E-state index contributed by atoms with van der Waals surface area (Å²) in [7, 11) is 0. The van der Waals surface area contributed by atoms with Crippen molar-refractivity contribution in [1.82, 2.24) is 5.32 Å². The van der Waals surface area contributed by atoms with Crippen LogP contribution in [0.15, 0.2) is 48.5 Å². The van der Waals surface area contributed by atoms with Crippen LogP contribution in [-0.4, -0.2) is 11.9 Å². The van der Waals surface area contributed by atoms with Crippen molar-refractivity contribution in [2.45, 2.75) is 57.3 Å². The predicted molar refractivity (Wildman–Crippen MR) is 104 cm³/mol. The van der Waals surface area contributed by atoms with Crippen LogP contribution < -0.4 is 10.6 Å². The molecular formula is C22H25F3N2O. The Morgan fingerprint density at radius 3 is 2.25 bits per heavy atom. The molecule has 0 bridgehead atoms. The summed E-state index contributed by atoms with van der Waals surface area (Å²) in [6.07, 6.45) is 0.907. The second-order valence-electron chi connectivity index (χ2n) is 7.36. The topological polar surface area (TPSA) is 41.1 Å². The predicted octanol–water partition coefficient (Wildman–Crippen LogP) is 5.62. The quantitative estimate of drug-likeness (QED) is 0.696. The number of rotatable bonds is 5. The molecule has 0 heterocycles. The molecule has 3 nitrogen and oxygen atoms in total. The molecular weight excluding hydrogens is 365 g/mol. The summed E-state index contributed by atoms with van der Waals surface area (Å²) >= 11 is 0. The first kappa shape index (κ1) is 20.4. The Bertz CT molecular complexity index is 796. The Hall–Kier alpha value is -2.34. The number of hydrogen-bond donors (Lipinski definition) is 2. The summed E-state index contributed by atoms with van der Waals surface area (Å²) < 4.78 is 38.7. The van der Waals surface area contributed by atoms with E-state index in [9.17, 15) is 18.0 Å². The maximum atomic E-state index is 13.0. The molecule has 150 valence electrons. The molecule has 1 amide bonds. The van der Waals surface area contributed by atoms with Gasteiger partial charge in [0.25, 0.3) is 0 Å². The zero-order valence-electron chi connectivity index (χ0n) is 15.9. The Labute approximate surface area is 163 Å². The van der Waals surface area contributed by atoms with E-state index in [1.54, 1.807) is 0 Å². The van der Waals surface area contributed by atoms with Crippen molar-refractivity contribution in [3.63, 3.8) is 0 Å². The van der Waals surface area contributed by atoms with E-state index in [1.165, 1.54) is 18.6 Å². The van der Waals surface area contributed by atoms with Gasteiger partial charge in [-0.3, -0.25) is 10.1 Å². The number of carbonyl (C=O) groups is 1. The number of benzene rings is 2. The maximum absolute atomic E-state index is 13.0. The smallest absolute Gasteiger partial charge is 0.324 e. The van der Waals surface area contributed by atoms with Crippen molar-refractivity contribution in [2.24, 2.45) is 0 Å². The number of halogens is 3. The molecule has 1 atom stereocenters. The van der Waals surface area contributed by atoms with Crippen LogP contribution in [0, 0.1) is 6.92 Å². The first-order valence-electron chi connectivity index (χ1n) is 9.64. The lowest BCUT2D eigenvalue weighted by Gasteiger charge is -2.28. The largest absolute Gasteiger partial charge is 0.416 e. The zero-order chi connectivity index (χ0) is 20.1. The monoisotopic (exact) mass is 390 g/mol.